The molecule has 2 N–H and O–H groups in total. The van der Waals surface area contributed by atoms with Crippen molar-refractivity contribution in [3.8, 4) is 0 Å². The molecule has 0 spiro atoms. The van der Waals surface area contributed by atoms with Crippen molar-refractivity contribution in [3.63, 3.8) is 0 Å². The van der Waals surface area contributed by atoms with Crippen molar-refractivity contribution in [3.05, 3.63) is 72.9 Å². The summed E-state index contributed by atoms with van der Waals surface area (Å²) < 4.78 is 23.5. The SMILES string of the molecule is CC/C=C\C/C=C\C/C=C\C/C=C\C/C=C\C/C=C\CCCCCCCCCCCCCCCCCCC(=O)NC(COP(=O)([O-])OCC[N+](C)(C)C)C(O)CCCCCCCCCCCCCCCCCCCCC. The second-order valence-corrected chi connectivity index (χ2v) is 24.5. The van der Waals surface area contributed by atoms with Gasteiger partial charge in [0.2, 0.25) is 5.91 Å². The number of phosphoric acid groups is 1. The van der Waals surface area contributed by atoms with E-state index in [1.54, 1.807) is 0 Å². The van der Waals surface area contributed by atoms with Gasteiger partial charge >= 0.3 is 0 Å². The Hall–Kier alpha value is -2.06. The minimum atomic E-state index is -4.58. The fraction of sp³-hybridized carbons (Fsp3) is 0.806. The zero-order chi connectivity index (χ0) is 55.6. The van der Waals surface area contributed by atoms with E-state index in [9.17, 15) is 19.4 Å². The normalized spacial score (nSPS) is 14.2. The van der Waals surface area contributed by atoms with Crippen LogP contribution in [0, 0.1) is 0 Å². The number of rotatable bonds is 59. The summed E-state index contributed by atoms with van der Waals surface area (Å²) in [4.78, 5) is 25.6. The van der Waals surface area contributed by atoms with E-state index in [4.69, 9.17) is 9.05 Å². The molecule has 9 heteroatoms. The minimum Gasteiger partial charge on any atom is -0.756 e. The smallest absolute Gasteiger partial charge is 0.268 e. The first kappa shape index (κ1) is 73.9. The number of likely N-dealkylation sites (N-methyl/N-ethyl adjacent to an activating group) is 1. The number of carbonyl (C=O) groups excluding carboxylic acids is 1. The molecule has 0 bridgehead atoms. The summed E-state index contributed by atoms with van der Waals surface area (Å²) in [5.74, 6) is -0.163. The van der Waals surface area contributed by atoms with Crippen molar-refractivity contribution in [1.82, 2.24) is 5.32 Å². The predicted molar refractivity (Wildman–Crippen MR) is 330 cm³/mol. The van der Waals surface area contributed by atoms with Crippen molar-refractivity contribution in [2.45, 2.75) is 309 Å². The Kier molecular flexibility index (Phi) is 56.1. The van der Waals surface area contributed by atoms with Crippen molar-refractivity contribution < 1.29 is 32.9 Å². The Morgan fingerprint density at radius 3 is 1.17 bits per heavy atom. The van der Waals surface area contributed by atoms with Gasteiger partial charge in [0.1, 0.15) is 13.2 Å². The van der Waals surface area contributed by atoms with Gasteiger partial charge in [0, 0.05) is 6.42 Å². The van der Waals surface area contributed by atoms with Crippen LogP contribution in [0.5, 0.6) is 0 Å². The summed E-state index contributed by atoms with van der Waals surface area (Å²) in [5, 5.41) is 14.1. The Balaban J connectivity index is 4.03. The van der Waals surface area contributed by atoms with Crippen molar-refractivity contribution in [1.29, 1.82) is 0 Å². The van der Waals surface area contributed by atoms with Crippen molar-refractivity contribution in [2.24, 2.45) is 0 Å². The number of aliphatic hydroxyl groups is 1. The van der Waals surface area contributed by atoms with Crippen LogP contribution in [0.1, 0.15) is 296 Å². The summed E-state index contributed by atoms with van der Waals surface area (Å²) in [7, 11) is 1.31. The van der Waals surface area contributed by atoms with E-state index < -0.39 is 20.0 Å². The number of hydrogen-bond donors (Lipinski definition) is 2. The molecule has 0 aliphatic carbocycles. The number of allylic oxidation sites excluding steroid dienone is 12. The third-order valence-electron chi connectivity index (χ3n) is 14.5. The van der Waals surface area contributed by atoms with Crippen LogP contribution in [-0.2, 0) is 18.4 Å². The quantitative estimate of drug-likeness (QED) is 0.0272. The van der Waals surface area contributed by atoms with Gasteiger partial charge in [-0.3, -0.25) is 9.36 Å². The van der Waals surface area contributed by atoms with Crippen LogP contribution in [-0.4, -0.2) is 68.5 Å². The Morgan fingerprint density at radius 1 is 0.474 bits per heavy atom. The standard InChI is InChI=1S/C67H125N2O6P/c1-6-8-10-12-14-16-18-20-22-24-26-27-28-29-30-31-32-33-34-35-36-37-38-39-40-41-43-45-47-49-51-53-55-57-59-61-67(71)68-65(64-75-76(72,73)74-63-62-69(3,4)5)66(70)60-58-56-54-52-50-48-46-44-42-25-23-21-19-17-15-13-11-9-7-2/h8,10,14,16,20,22,26-27,29-30,32-33,65-66,70H,6-7,9,11-13,15,17-19,21,23-25,28,31,34-64H2,1-5H3,(H-,68,71,72,73)/b10-8-,16-14-,22-20-,27-26-,30-29-,33-32-. The number of hydrogen-bond acceptors (Lipinski definition) is 6. The van der Waals surface area contributed by atoms with E-state index >= 15 is 0 Å². The van der Waals surface area contributed by atoms with Gasteiger partial charge in [-0.05, 0) is 64.2 Å². The third-order valence-corrected chi connectivity index (χ3v) is 15.4. The van der Waals surface area contributed by atoms with Crippen molar-refractivity contribution in [2.75, 3.05) is 40.9 Å². The number of amides is 1. The molecule has 8 nitrogen and oxygen atoms in total. The first-order valence-corrected chi connectivity index (χ1v) is 33.7. The van der Waals surface area contributed by atoms with Gasteiger partial charge in [0.25, 0.3) is 7.82 Å². The fourth-order valence-corrected chi connectivity index (χ4v) is 10.2. The molecule has 0 aliphatic rings. The highest BCUT2D eigenvalue weighted by Gasteiger charge is 2.24. The maximum Gasteiger partial charge on any atom is 0.268 e. The van der Waals surface area contributed by atoms with Crippen LogP contribution < -0.4 is 10.2 Å². The molecule has 1 amide bonds. The maximum absolute atomic E-state index is 13.0. The molecule has 0 aliphatic heterocycles. The van der Waals surface area contributed by atoms with Gasteiger partial charge in [-0.2, -0.15) is 0 Å². The molecular weight excluding hydrogens is 960 g/mol. The zero-order valence-corrected chi connectivity index (χ0v) is 51.6. The van der Waals surface area contributed by atoms with E-state index in [1.165, 1.54) is 193 Å². The van der Waals surface area contributed by atoms with E-state index in [0.29, 0.717) is 23.9 Å². The molecule has 0 heterocycles. The second-order valence-electron chi connectivity index (χ2n) is 23.1. The first-order chi connectivity index (χ1) is 37.0. The molecule has 444 valence electrons. The molecule has 76 heavy (non-hydrogen) atoms. The van der Waals surface area contributed by atoms with E-state index in [0.717, 1.165) is 77.0 Å². The molecule has 0 saturated carbocycles. The van der Waals surface area contributed by atoms with E-state index in [2.05, 4.69) is 92.1 Å². The molecule has 0 aromatic carbocycles. The van der Waals surface area contributed by atoms with Gasteiger partial charge in [-0.25, -0.2) is 0 Å². The number of quaternary nitrogens is 1. The summed E-state index contributed by atoms with van der Waals surface area (Å²) in [6.07, 6.45) is 79.5. The lowest BCUT2D eigenvalue weighted by atomic mass is 10.0. The van der Waals surface area contributed by atoms with Gasteiger partial charge in [-0.15, -0.1) is 0 Å². The van der Waals surface area contributed by atoms with Crippen molar-refractivity contribution >= 4 is 13.7 Å². The highest BCUT2D eigenvalue weighted by atomic mass is 31.2. The molecule has 0 saturated heterocycles. The molecule has 0 fully saturated rings. The van der Waals surface area contributed by atoms with E-state index in [-0.39, 0.29) is 19.1 Å². The molecular formula is C67H125N2O6P. The summed E-state index contributed by atoms with van der Waals surface area (Å²) in [6, 6.07) is -0.803. The third kappa shape index (κ3) is 59.6. The van der Waals surface area contributed by atoms with E-state index in [1.807, 2.05) is 21.1 Å². The molecule has 3 unspecified atom stereocenters. The van der Waals surface area contributed by atoms with Crippen LogP contribution in [0.3, 0.4) is 0 Å². The lowest BCUT2D eigenvalue weighted by Crippen LogP contribution is -2.46. The Bertz CT molecular complexity index is 1470. The minimum absolute atomic E-state index is 0.0116. The molecule has 0 radical (unpaired) electrons. The highest BCUT2D eigenvalue weighted by Crippen LogP contribution is 2.38. The summed E-state index contributed by atoms with van der Waals surface area (Å²) in [5.41, 5.74) is 0. The van der Waals surface area contributed by atoms with Gasteiger partial charge in [0.05, 0.1) is 39.9 Å². The Labute approximate surface area is 472 Å². The largest absolute Gasteiger partial charge is 0.756 e. The van der Waals surface area contributed by atoms with Gasteiger partial charge in [-0.1, -0.05) is 299 Å². The average molecular weight is 1090 g/mol. The monoisotopic (exact) mass is 1080 g/mol. The molecule has 0 aromatic rings. The van der Waals surface area contributed by atoms with Crippen LogP contribution in [0.15, 0.2) is 72.9 Å². The van der Waals surface area contributed by atoms with Gasteiger partial charge in [0.15, 0.2) is 0 Å². The topological polar surface area (TPSA) is 108 Å². The van der Waals surface area contributed by atoms with Crippen LogP contribution in [0.25, 0.3) is 0 Å². The predicted octanol–water partition coefficient (Wildman–Crippen LogP) is 19.6. The van der Waals surface area contributed by atoms with Crippen LogP contribution in [0.4, 0.5) is 0 Å². The lowest BCUT2D eigenvalue weighted by molar-refractivity contribution is -0.870. The van der Waals surface area contributed by atoms with Crippen LogP contribution >= 0.6 is 7.82 Å². The van der Waals surface area contributed by atoms with Gasteiger partial charge < -0.3 is 28.8 Å². The number of unbranched alkanes of at least 4 members (excludes halogenated alkanes) is 34. The first-order valence-electron chi connectivity index (χ1n) is 32.3. The summed E-state index contributed by atoms with van der Waals surface area (Å²) in [6.45, 7) is 4.64. The fourth-order valence-electron chi connectivity index (χ4n) is 9.46. The molecule has 0 aromatic heterocycles. The Morgan fingerprint density at radius 2 is 0.803 bits per heavy atom. The number of aliphatic hydroxyl groups excluding tert-OH is 1. The average Bonchev–Trinajstić information content (AvgIpc) is 3.38. The maximum atomic E-state index is 13.0. The number of carbonyl (C=O) groups is 1. The zero-order valence-electron chi connectivity index (χ0n) is 50.7. The lowest BCUT2D eigenvalue weighted by Gasteiger charge is -2.30. The number of phosphoric ester groups is 1. The number of nitrogens with zero attached hydrogens (tertiary/aromatic N) is 1. The number of nitrogens with one attached hydrogen (secondary N) is 1. The molecule has 0 rings (SSSR count). The molecule has 3 atom stereocenters. The second kappa shape index (κ2) is 57.6. The highest BCUT2D eigenvalue weighted by molar-refractivity contribution is 7.45. The summed E-state index contributed by atoms with van der Waals surface area (Å²) >= 11 is 0. The van der Waals surface area contributed by atoms with Crippen LogP contribution in [0.2, 0.25) is 0 Å².